The molecular formula is C16H17NO4. The van der Waals surface area contributed by atoms with E-state index in [0.29, 0.717) is 19.1 Å². The van der Waals surface area contributed by atoms with Crippen LogP contribution in [0.3, 0.4) is 0 Å². The normalized spacial score (nSPS) is 38.8. The molecule has 21 heavy (non-hydrogen) atoms. The summed E-state index contributed by atoms with van der Waals surface area (Å²) in [5.74, 6) is 1.95. The summed E-state index contributed by atoms with van der Waals surface area (Å²) >= 11 is 0. The Bertz CT molecular complexity index is 656. The fraction of sp³-hybridized carbons (Fsp3) is 0.500. The average molecular weight is 287 g/mol. The molecule has 5 atom stereocenters. The quantitative estimate of drug-likeness (QED) is 0.690. The van der Waals surface area contributed by atoms with Crippen molar-refractivity contribution in [1.82, 2.24) is 4.90 Å². The molecule has 110 valence electrons. The van der Waals surface area contributed by atoms with E-state index in [1.807, 2.05) is 6.08 Å². The van der Waals surface area contributed by atoms with Gasteiger partial charge in [0, 0.05) is 25.0 Å². The summed E-state index contributed by atoms with van der Waals surface area (Å²) in [7, 11) is 0. The number of aliphatic hydroxyl groups excluding tert-OH is 2. The molecule has 5 nitrogen and oxygen atoms in total. The third-order valence-electron chi connectivity index (χ3n) is 5.25. The third-order valence-corrected chi connectivity index (χ3v) is 5.25. The number of aliphatic hydroxyl groups is 2. The number of benzene rings is 1. The van der Waals surface area contributed by atoms with Gasteiger partial charge in [0.05, 0.1) is 12.2 Å². The van der Waals surface area contributed by atoms with Gasteiger partial charge in [0.2, 0.25) is 6.79 Å². The average Bonchev–Trinajstić information content (AvgIpc) is 3.03. The maximum Gasteiger partial charge on any atom is 0.231 e. The number of hydrogen-bond acceptors (Lipinski definition) is 5. The number of hydrogen-bond donors (Lipinski definition) is 2. The van der Waals surface area contributed by atoms with Gasteiger partial charge in [-0.25, -0.2) is 0 Å². The Kier molecular flexibility index (Phi) is 2.29. The predicted molar refractivity (Wildman–Crippen MR) is 74.2 cm³/mol. The van der Waals surface area contributed by atoms with Gasteiger partial charge >= 0.3 is 0 Å². The minimum atomic E-state index is -0.741. The first-order chi connectivity index (χ1) is 10.2. The second kappa shape index (κ2) is 4.00. The second-order valence-electron chi connectivity index (χ2n) is 6.36. The molecule has 0 saturated carbocycles. The Morgan fingerprint density at radius 2 is 1.95 bits per heavy atom. The predicted octanol–water partition coefficient (Wildman–Crippen LogP) is 0.749. The molecule has 0 radical (unpaired) electrons. The molecule has 3 heterocycles. The summed E-state index contributed by atoms with van der Waals surface area (Å²) in [6, 6.07) is 4.43. The minimum Gasteiger partial charge on any atom is -0.454 e. The van der Waals surface area contributed by atoms with E-state index in [1.54, 1.807) is 0 Å². The molecular weight excluding hydrogens is 270 g/mol. The van der Waals surface area contributed by atoms with Crippen molar-refractivity contribution in [3.8, 4) is 11.5 Å². The Morgan fingerprint density at radius 1 is 1.14 bits per heavy atom. The molecule has 2 N–H and O–H groups in total. The molecule has 1 saturated heterocycles. The number of fused-ring (bicyclic) bond motifs is 8. The molecule has 2 bridgehead atoms. The summed E-state index contributed by atoms with van der Waals surface area (Å²) in [5.41, 5.74) is 3.81. The van der Waals surface area contributed by atoms with Crippen molar-refractivity contribution in [1.29, 1.82) is 0 Å². The summed E-state index contributed by atoms with van der Waals surface area (Å²) in [6.45, 7) is 2.12. The zero-order valence-electron chi connectivity index (χ0n) is 11.5. The van der Waals surface area contributed by atoms with E-state index in [2.05, 4.69) is 17.0 Å². The van der Waals surface area contributed by atoms with Crippen LogP contribution in [-0.2, 0) is 6.54 Å². The van der Waals surface area contributed by atoms with Crippen molar-refractivity contribution in [2.24, 2.45) is 0 Å². The van der Waals surface area contributed by atoms with Gasteiger partial charge in [-0.15, -0.1) is 0 Å². The Morgan fingerprint density at radius 3 is 2.81 bits per heavy atom. The van der Waals surface area contributed by atoms with Gasteiger partial charge in [0.15, 0.2) is 11.5 Å². The first-order valence-electron chi connectivity index (χ1n) is 7.45. The lowest BCUT2D eigenvalue weighted by Gasteiger charge is -2.31. The van der Waals surface area contributed by atoms with E-state index in [0.717, 1.165) is 24.6 Å². The lowest BCUT2D eigenvalue weighted by Crippen LogP contribution is -2.39. The van der Waals surface area contributed by atoms with Crippen LogP contribution in [0, 0.1) is 0 Å². The van der Waals surface area contributed by atoms with E-state index in [9.17, 15) is 10.2 Å². The third kappa shape index (κ3) is 1.56. The molecule has 1 aromatic carbocycles. The molecule has 0 spiro atoms. The lowest BCUT2D eigenvalue weighted by atomic mass is 9.82. The monoisotopic (exact) mass is 287 g/mol. The Labute approximate surface area is 122 Å². The fourth-order valence-corrected chi connectivity index (χ4v) is 4.23. The van der Waals surface area contributed by atoms with Crippen molar-refractivity contribution >= 4 is 0 Å². The molecule has 0 amide bonds. The van der Waals surface area contributed by atoms with Crippen LogP contribution >= 0.6 is 0 Å². The highest BCUT2D eigenvalue weighted by Gasteiger charge is 2.46. The van der Waals surface area contributed by atoms with Crippen LogP contribution in [0.15, 0.2) is 23.8 Å². The van der Waals surface area contributed by atoms with Gasteiger partial charge < -0.3 is 19.7 Å². The maximum atomic E-state index is 9.96. The van der Waals surface area contributed by atoms with Crippen LogP contribution in [-0.4, -0.2) is 46.7 Å². The minimum absolute atomic E-state index is 0.248. The van der Waals surface area contributed by atoms with Gasteiger partial charge in [-0.2, -0.15) is 0 Å². The van der Waals surface area contributed by atoms with Crippen LogP contribution in [0.4, 0.5) is 0 Å². The van der Waals surface area contributed by atoms with Gasteiger partial charge in [-0.3, -0.25) is 4.90 Å². The zero-order valence-corrected chi connectivity index (χ0v) is 11.5. The smallest absolute Gasteiger partial charge is 0.231 e. The van der Waals surface area contributed by atoms with Crippen LogP contribution in [0.25, 0.3) is 0 Å². The molecule has 1 aromatic rings. The highest BCUT2D eigenvalue weighted by Crippen LogP contribution is 2.49. The molecule has 0 aromatic heterocycles. The standard InChI is InChI=1S/C16H17NO4/c18-13-2-10-11-6-17(12(10)4-14(13)19)5-8-1-15-16(3-9(8)11)21-7-20-15/h1-3,11-14,18-19H,4-7H2/t11?,12-,13-,14+/m0/s1. The van der Waals surface area contributed by atoms with Crippen molar-refractivity contribution < 1.29 is 19.7 Å². The first kappa shape index (κ1) is 12.0. The molecule has 2 unspecified atom stereocenters. The van der Waals surface area contributed by atoms with Crippen LogP contribution in [0.1, 0.15) is 23.5 Å². The van der Waals surface area contributed by atoms with Crippen molar-refractivity contribution in [3.05, 3.63) is 34.9 Å². The van der Waals surface area contributed by atoms with E-state index in [1.165, 1.54) is 16.7 Å². The summed E-state index contributed by atoms with van der Waals surface area (Å²) in [4.78, 5) is 2.40. The Balaban J connectivity index is 1.63. The largest absolute Gasteiger partial charge is 0.454 e. The maximum absolute atomic E-state index is 9.96. The van der Waals surface area contributed by atoms with E-state index in [-0.39, 0.29) is 6.04 Å². The lowest BCUT2D eigenvalue weighted by molar-refractivity contribution is 0.0208. The first-order valence-corrected chi connectivity index (χ1v) is 7.45. The van der Waals surface area contributed by atoms with Gasteiger partial charge in [-0.1, -0.05) is 6.08 Å². The second-order valence-corrected chi connectivity index (χ2v) is 6.36. The van der Waals surface area contributed by atoms with Crippen molar-refractivity contribution in [2.45, 2.75) is 37.1 Å². The van der Waals surface area contributed by atoms with E-state index < -0.39 is 12.2 Å². The summed E-state index contributed by atoms with van der Waals surface area (Å²) < 4.78 is 11.0. The number of ether oxygens (including phenoxy) is 2. The van der Waals surface area contributed by atoms with Crippen LogP contribution in [0.2, 0.25) is 0 Å². The molecule has 3 aliphatic heterocycles. The fourth-order valence-electron chi connectivity index (χ4n) is 4.23. The van der Waals surface area contributed by atoms with Crippen LogP contribution in [0.5, 0.6) is 11.5 Å². The Hall–Kier alpha value is -1.56. The van der Waals surface area contributed by atoms with Gasteiger partial charge in [0.1, 0.15) is 0 Å². The highest BCUT2D eigenvalue weighted by molar-refractivity contribution is 5.54. The number of nitrogens with zero attached hydrogens (tertiary/aromatic N) is 1. The highest BCUT2D eigenvalue weighted by atomic mass is 16.7. The number of rotatable bonds is 0. The molecule has 1 fully saturated rings. The van der Waals surface area contributed by atoms with E-state index >= 15 is 0 Å². The van der Waals surface area contributed by atoms with Crippen molar-refractivity contribution in [3.63, 3.8) is 0 Å². The summed E-state index contributed by atoms with van der Waals surface area (Å²) in [6.07, 6.45) is 1.08. The van der Waals surface area contributed by atoms with Crippen molar-refractivity contribution in [2.75, 3.05) is 13.3 Å². The van der Waals surface area contributed by atoms with E-state index in [4.69, 9.17) is 9.47 Å². The molecule has 5 heteroatoms. The molecule has 1 aliphatic carbocycles. The summed E-state index contributed by atoms with van der Waals surface area (Å²) in [5, 5.41) is 19.9. The molecule has 5 rings (SSSR count). The van der Waals surface area contributed by atoms with Gasteiger partial charge in [-0.05, 0) is 35.3 Å². The topological polar surface area (TPSA) is 62.2 Å². The SMILES string of the molecule is O[C@@H]1C[C@H]2C(=C[C@@H]1O)C1CN2Cc2cc3c(cc21)OCO3. The molecule has 4 aliphatic rings. The van der Waals surface area contributed by atoms with Gasteiger partial charge in [0.25, 0.3) is 0 Å². The zero-order chi connectivity index (χ0) is 14.1. The van der Waals surface area contributed by atoms with Crippen LogP contribution < -0.4 is 9.47 Å².